The lowest BCUT2D eigenvalue weighted by molar-refractivity contribution is 0.342. The molecular formula is C14H25N5S. The Morgan fingerprint density at radius 1 is 1.55 bits per heavy atom. The zero-order valence-electron chi connectivity index (χ0n) is 12.6. The van der Waals surface area contributed by atoms with Crippen LogP contribution in [-0.2, 0) is 6.54 Å². The minimum absolute atomic E-state index is 0.732. The van der Waals surface area contributed by atoms with Gasteiger partial charge in [0.1, 0.15) is 5.01 Å². The highest BCUT2D eigenvalue weighted by Gasteiger charge is 2.20. The van der Waals surface area contributed by atoms with Crippen molar-refractivity contribution in [1.82, 2.24) is 20.5 Å². The highest BCUT2D eigenvalue weighted by atomic mass is 32.1. The maximum absolute atomic E-state index is 4.35. The standard InChI is InChI=1S/C14H25N5S/c1-4-19-6-5-12(10-19)8-17-14(15-3)18-9-13-16-7-11(2)20-13/h7,12H,4-6,8-10H2,1-3H3,(H2,15,17,18). The fourth-order valence-electron chi connectivity index (χ4n) is 2.47. The number of nitrogens with one attached hydrogen (secondary N) is 2. The Morgan fingerprint density at radius 3 is 3.00 bits per heavy atom. The summed E-state index contributed by atoms with van der Waals surface area (Å²) in [6, 6.07) is 0. The lowest BCUT2D eigenvalue weighted by atomic mass is 10.1. The van der Waals surface area contributed by atoms with Gasteiger partial charge in [-0.15, -0.1) is 11.3 Å². The Bertz CT molecular complexity index is 443. The van der Waals surface area contributed by atoms with Crippen LogP contribution in [0.15, 0.2) is 11.2 Å². The molecule has 1 fully saturated rings. The van der Waals surface area contributed by atoms with Crippen LogP contribution in [-0.4, -0.2) is 49.1 Å². The van der Waals surface area contributed by atoms with Gasteiger partial charge in [0.05, 0.1) is 6.54 Å². The Hall–Kier alpha value is -1.14. The number of hydrogen-bond donors (Lipinski definition) is 2. The van der Waals surface area contributed by atoms with Crippen LogP contribution in [0.1, 0.15) is 23.2 Å². The number of nitrogens with zero attached hydrogens (tertiary/aromatic N) is 3. The molecule has 1 aromatic rings. The van der Waals surface area contributed by atoms with E-state index in [4.69, 9.17) is 0 Å². The molecule has 6 heteroatoms. The molecule has 0 saturated carbocycles. The molecule has 1 atom stereocenters. The summed E-state index contributed by atoms with van der Waals surface area (Å²) in [5.74, 6) is 1.60. The molecular weight excluding hydrogens is 270 g/mol. The summed E-state index contributed by atoms with van der Waals surface area (Å²) in [6.45, 7) is 9.63. The van der Waals surface area contributed by atoms with Gasteiger partial charge in [0.15, 0.2) is 5.96 Å². The Labute approximate surface area is 125 Å². The van der Waals surface area contributed by atoms with Crippen LogP contribution in [0.25, 0.3) is 0 Å². The molecule has 1 aromatic heterocycles. The van der Waals surface area contributed by atoms with E-state index in [-0.39, 0.29) is 0 Å². The molecule has 0 bridgehead atoms. The molecule has 0 aliphatic carbocycles. The monoisotopic (exact) mass is 295 g/mol. The van der Waals surface area contributed by atoms with Crippen molar-refractivity contribution in [3.8, 4) is 0 Å². The van der Waals surface area contributed by atoms with Crippen molar-refractivity contribution >= 4 is 17.3 Å². The first kappa shape index (κ1) is 15.3. The average molecular weight is 295 g/mol. The molecule has 1 aliphatic rings. The van der Waals surface area contributed by atoms with Crippen molar-refractivity contribution in [3.63, 3.8) is 0 Å². The maximum Gasteiger partial charge on any atom is 0.191 e. The minimum Gasteiger partial charge on any atom is -0.356 e. The quantitative estimate of drug-likeness (QED) is 0.638. The fraction of sp³-hybridized carbons (Fsp3) is 0.714. The molecule has 0 amide bonds. The third-order valence-electron chi connectivity index (χ3n) is 3.68. The van der Waals surface area contributed by atoms with Gasteiger partial charge in [-0.1, -0.05) is 6.92 Å². The molecule has 1 aliphatic heterocycles. The number of likely N-dealkylation sites (tertiary alicyclic amines) is 1. The van der Waals surface area contributed by atoms with Crippen LogP contribution in [0.4, 0.5) is 0 Å². The number of thiazole rings is 1. The van der Waals surface area contributed by atoms with Crippen molar-refractivity contribution in [3.05, 3.63) is 16.1 Å². The predicted molar refractivity (Wildman–Crippen MR) is 85.3 cm³/mol. The minimum atomic E-state index is 0.732. The number of guanidine groups is 1. The average Bonchev–Trinajstić information content (AvgIpc) is 3.08. The molecule has 1 saturated heterocycles. The Kier molecular flexibility index (Phi) is 5.79. The van der Waals surface area contributed by atoms with Crippen LogP contribution >= 0.6 is 11.3 Å². The van der Waals surface area contributed by atoms with E-state index in [0.29, 0.717) is 0 Å². The van der Waals surface area contributed by atoms with E-state index < -0.39 is 0 Å². The van der Waals surface area contributed by atoms with Gasteiger partial charge in [0, 0.05) is 31.2 Å². The summed E-state index contributed by atoms with van der Waals surface area (Å²) in [6.07, 6.45) is 3.19. The van der Waals surface area contributed by atoms with Crippen LogP contribution < -0.4 is 10.6 Å². The SMILES string of the molecule is CCN1CCC(CNC(=NC)NCc2ncc(C)s2)C1. The molecule has 0 radical (unpaired) electrons. The summed E-state index contributed by atoms with van der Waals surface area (Å²) in [5.41, 5.74) is 0. The third kappa shape index (κ3) is 4.45. The van der Waals surface area contributed by atoms with E-state index in [0.717, 1.165) is 36.5 Å². The summed E-state index contributed by atoms with van der Waals surface area (Å²) in [5, 5.41) is 7.84. The molecule has 0 spiro atoms. The predicted octanol–water partition coefficient (Wildman–Crippen LogP) is 1.46. The highest BCUT2D eigenvalue weighted by Crippen LogP contribution is 2.14. The van der Waals surface area contributed by atoms with E-state index >= 15 is 0 Å². The molecule has 5 nitrogen and oxygen atoms in total. The van der Waals surface area contributed by atoms with E-state index in [9.17, 15) is 0 Å². The van der Waals surface area contributed by atoms with Crippen molar-refractivity contribution in [2.24, 2.45) is 10.9 Å². The van der Waals surface area contributed by atoms with Crippen molar-refractivity contribution in [2.45, 2.75) is 26.8 Å². The highest BCUT2D eigenvalue weighted by molar-refractivity contribution is 7.11. The van der Waals surface area contributed by atoms with Gasteiger partial charge in [0.2, 0.25) is 0 Å². The van der Waals surface area contributed by atoms with E-state index in [1.54, 1.807) is 11.3 Å². The number of aryl methyl sites for hydroxylation is 1. The topological polar surface area (TPSA) is 52.5 Å². The molecule has 112 valence electrons. The second kappa shape index (κ2) is 7.59. The summed E-state index contributed by atoms with van der Waals surface area (Å²) in [7, 11) is 1.81. The number of aromatic nitrogens is 1. The van der Waals surface area contributed by atoms with Gasteiger partial charge < -0.3 is 15.5 Å². The molecule has 2 rings (SSSR count). The van der Waals surface area contributed by atoms with Crippen LogP contribution in [0, 0.1) is 12.8 Å². The fourth-order valence-corrected chi connectivity index (χ4v) is 3.20. The lowest BCUT2D eigenvalue weighted by Crippen LogP contribution is -2.39. The van der Waals surface area contributed by atoms with Gasteiger partial charge in [-0.2, -0.15) is 0 Å². The summed E-state index contributed by atoms with van der Waals surface area (Å²) < 4.78 is 0. The smallest absolute Gasteiger partial charge is 0.191 e. The molecule has 2 N–H and O–H groups in total. The second-order valence-electron chi connectivity index (χ2n) is 5.22. The van der Waals surface area contributed by atoms with E-state index in [1.807, 2.05) is 13.2 Å². The first-order chi connectivity index (χ1) is 9.71. The van der Waals surface area contributed by atoms with Crippen LogP contribution in [0.5, 0.6) is 0 Å². The van der Waals surface area contributed by atoms with E-state index in [1.165, 1.54) is 24.4 Å². The van der Waals surface area contributed by atoms with Gasteiger partial charge >= 0.3 is 0 Å². The number of rotatable bonds is 5. The number of hydrogen-bond acceptors (Lipinski definition) is 4. The Balaban J connectivity index is 1.70. The zero-order chi connectivity index (χ0) is 14.4. The molecule has 2 heterocycles. The van der Waals surface area contributed by atoms with Crippen LogP contribution in [0.2, 0.25) is 0 Å². The summed E-state index contributed by atoms with van der Waals surface area (Å²) >= 11 is 1.72. The lowest BCUT2D eigenvalue weighted by Gasteiger charge is -2.16. The normalized spacial score (nSPS) is 20.4. The first-order valence-corrected chi connectivity index (χ1v) is 8.11. The van der Waals surface area contributed by atoms with Gasteiger partial charge in [0.25, 0.3) is 0 Å². The number of aliphatic imine (C=N–C) groups is 1. The van der Waals surface area contributed by atoms with E-state index in [2.05, 4.69) is 39.4 Å². The van der Waals surface area contributed by atoms with Gasteiger partial charge in [-0.25, -0.2) is 4.98 Å². The van der Waals surface area contributed by atoms with Crippen LogP contribution in [0.3, 0.4) is 0 Å². The Morgan fingerprint density at radius 2 is 2.40 bits per heavy atom. The van der Waals surface area contributed by atoms with Gasteiger partial charge in [-0.05, 0) is 32.4 Å². The molecule has 0 aromatic carbocycles. The molecule has 20 heavy (non-hydrogen) atoms. The first-order valence-electron chi connectivity index (χ1n) is 7.29. The summed E-state index contributed by atoms with van der Waals surface area (Å²) in [4.78, 5) is 12.4. The van der Waals surface area contributed by atoms with Crippen molar-refractivity contribution in [1.29, 1.82) is 0 Å². The third-order valence-corrected chi connectivity index (χ3v) is 4.59. The van der Waals surface area contributed by atoms with Crippen molar-refractivity contribution in [2.75, 3.05) is 33.2 Å². The largest absolute Gasteiger partial charge is 0.356 e. The van der Waals surface area contributed by atoms with Crippen molar-refractivity contribution < 1.29 is 0 Å². The van der Waals surface area contributed by atoms with Gasteiger partial charge in [-0.3, -0.25) is 4.99 Å². The second-order valence-corrected chi connectivity index (χ2v) is 6.54. The maximum atomic E-state index is 4.35. The zero-order valence-corrected chi connectivity index (χ0v) is 13.5. The molecule has 1 unspecified atom stereocenters.